The highest BCUT2D eigenvalue weighted by Gasteiger charge is 2.10. The molecule has 138 valence electrons. The van der Waals surface area contributed by atoms with Crippen LogP contribution in [0.1, 0.15) is 5.56 Å². The highest BCUT2D eigenvalue weighted by molar-refractivity contribution is 9.10. The van der Waals surface area contributed by atoms with Gasteiger partial charge in [0.1, 0.15) is 0 Å². The molecule has 2 rings (SSSR count). The predicted molar refractivity (Wildman–Crippen MR) is 107 cm³/mol. The van der Waals surface area contributed by atoms with Gasteiger partial charge in [-0.3, -0.25) is 30.3 Å². The number of thiocarbonyl (C=S) groups is 1. The maximum atomic E-state index is 11.9. The van der Waals surface area contributed by atoms with Crippen LogP contribution in [-0.2, 0) is 4.79 Å². The van der Waals surface area contributed by atoms with Gasteiger partial charge in [-0.05, 0) is 45.9 Å². The largest absolute Gasteiger partial charge is 0.331 e. The number of hydrogen-bond donors (Lipinski definition) is 2. The van der Waals surface area contributed by atoms with Gasteiger partial charge in [0.05, 0.1) is 15.5 Å². The average molecular weight is 451 g/mol. The summed E-state index contributed by atoms with van der Waals surface area (Å²) in [5.41, 5.74) is 0.741. The van der Waals surface area contributed by atoms with E-state index in [-0.39, 0.29) is 16.5 Å². The Morgan fingerprint density at radius 3 is 2.37 bits per heavy atom. The van der Waals surface area contributed by atoms with Crippen LogP contribution in [-0.4, -0.2) is 20.9 Å². The number of nitro groups is 2. The minimum absolute atomic E-state index is 0.0155. The molecule has 2 aromatic rings. The molecule has 11 heteroatoms. The quantitative estimate of drug-likeness (QED) is 0.306. The van der Waals surface area contributed by atoms with Crippen molar-refractivity contribution in [2.75, 3.05) is 5.32 Å². The van der Waals surface area contributed by atoms with Gasteiger partial charge in [-0.1, -0.05) is 12.1 Å². The molecular formula is C16H11BrN4O5S. The van der Waals surface area contributed by atoms with Crippen molar-refractivity contribution >= 4 is 62.3 Å². The molecule has 0 saturated carbocycles. The van der Waals surface area contributed by atoms with Gasteiger partial charge in [-0.2, -0.15) is 0 Å². The lowest BCUT2D eigenvalue weighted by Gasteiger charge is -2.09. The molecule has 0 aliphatic heterocycles. The molecule has 2 N–H and O–H groups in total. The molecule has 0 aliphatic rings. The number of anilines is 1. The molecule has 0 saturated heterocycles. The number of nitro benzene ring substituents is 2. The molecule has 27 heavy (non-hydrogen) atoms. The first-order valence-electron chi connectivity index (χ1n) is 7.24. The fourth-order valence-corrected chi connectivity index (χ4v) is 2.62. The third-order valence-corrected chi connectivity index (χ3v) is 4.02. The van der Waals surface area contributed by atoms with E-state index in [4.69, 9.17) is 12.2 Å². The van der Waals surface area contributed by atoms with Crippen molar-refractivity contribution in [2.24, 2.45) is 0 Å². The summed E-state index contributed by atoms with van der Waals surface area (Å²) < 4.78 is 0.403. The maximum absolute atomic E-state index is 11.9. The fraction of sp³-hybridized carbons (Fsp3) is 0. The van der Waals surface area contributed by atoms with Crippen LogP contribution in [0.3, 0.4) is 0 Å². The van der Waals surface area contributed by atoms with Gasteiger partial charge in [0.25, 0.3) is 11.4 Å². The Morgan fingerprint density at radius 1 is 1.07 bits per heavy atom. The van der Waals surface area contributed by atoms with Crippen LogP contribution < -0.4 is 10.6 Å². The van der Waals surface area contributed by atoms with Gasteiger partial charge in [0.15, 0.2) is 5.11 Å². The molecule has 9 nitrogen and oxygen atoms in total. The highest BCUT2D eigenvalue weighted by atomic mass is 79.9. The molecule has 0 atom stereocenters. The summed E-state index contributed by atoms with van der Waals surface area (Å²) in [5.74, 6) is -0.544. The van der Waals surface area contributed by atoms with Crippen LogP contribution in [0.25, 0.3) is 6.08 Å². The van der Waals surface area contributed by atoms with Crippen molar-refractivity contribution in [3.8, 4) is 0 Å². The number of amides is 1. The zero-order valence-electron chi connectivity index (χ0n) is 13.4. The second-order valence-corrected chi connectivity index (χ2v) is 6.31. The van der Waals surface area contributed by atoms with Gasteiger partial charge in [-0.15, -0.1) is 0 Å². The average Bonchev–Trinajstić information content (AvgIpc) is 2.61. The van der Waals surface area contributed by atoms with Crippen molar-refractivity contribution in [1.29, 1.82) is 0 Å². The first-order valence-corrected chi connectivity index (χ1v) is 8.45. The summed E-state index contributed by atoms with van der Waals surface area (Å²) in [6.45, 7) is 0. The van der Waals surface area contributed by atoms with Crippen molar-refractivity contribution in [1.82, 2.24) is 5.32 Å². The Bertz CT molecular complexity index is 964. The van der Waals surface area contributed by atoms with Crippen molar-refractivity contribution < 1.29 is 14.6 Å². The molecule has 1 amide bonds. The molecule has 0 bridgehead atoms. The van der Waals surface area contributed by atoms with Crippen molar-refractivity contribution in [3.63, 3.8) is 0 Å². The Hall–Kier alpha value is -3.18. The maximum Gasteiger partial charge on any atom is 0.270 e. The number of benzene rings is 2. The van der Waals surface area contributed by atoms with Gasteiger partial charge < -0.3 is 5.32 Å². The first kappa shape index (κ1) is 20.1. The third kappa shape index (κ3) is 5.94. The number of carbonyl (C=O) groups excluding carboxylic acids is 1. The van der Waals surface area contributed by atoms with Crippen molar-refractivity contribution in [2.45, 2.75) is 0 Å². The summed E-state index contributed by atoms with van der Waals surface area (Å²) in [5, 5.41) is 26.6. The molecule has 0 aliphatic carbocycles. The second kappa shape index (κ2) is 8.96. The summed E-state index contributed by atoms with van der Waals surface area (Å²) in [6.07, 6.45) is 2.59. The summed E-state index contributed by atoms with van der Waals surface area (Å²) in [7, 11) is 0. The lowest BCUT2D eigenvalue weighted by Crippen LogP contribution is -2.32. The van der Waals surface area contributed by atoms with E-state index in [2.05, 4.69) is 26.6 Å². The molecule has 2 aromatic carbocycles. The number of nitrogens with zero attached hydrogens (tertiary/aromatic N) is 2. The van der Waals surface area contributed by atoms with E-state index in [1.54, 1.807) is 6.07 Å². The first-order chi connectivity index (χ1) is 12.8. The highest BCUT2D eigenvalue weighted by Crippen LogP contribution is 2.27. The van der Waals surface area contributed by atoms with E-state index < -0.39 is 15.8 Å². The molecule has 0 unspecified atom stereocenters. The molecular weight excluding hydrogens is 440 g/mol. The number of non-ortho nitro benzene ring substituents is 2. The minimum Gasteiger partial charge on any atom is -0.331 e. The van der Waals surface area contributed by atoms with Gasteiger partial charge in [0, 0.05) is 34.8 Å². The topological polar surface area (TPSA) is 127 Å². The monoisotopic (exact) mass is 450 g/mol. The van der Waals surface area contributed by atoms with E-state index in [9.17, 15) is 25.0 Å². The van der Waals surface area contributed by atoms with Crippen LogP contribution in [0.4, 0.5) is 17.1 Å². The number of hydrogen-bond acceptors (Lipinski definition) is 6. The van der Waals surface area contributed by atoms with E-state index in [1.807, 2.05) is 0 Å². The second-order valence-electron chi connectivity index (χ2n) is 5.05. The normalized spacial score (nSPS) is 10.4. The van der Waals surface area contributed by atoms with Gasteiger partial charge in [0.2, 0.25) is 5.91 Å². The minimum atomic E-state index is -0.544. The fourth-order valence-electron chi connectivity index (χ4n) is 1.94. The Kier molecular flexibility index (Phi) is 6.68. The number of rotatable bonds is 5. The Labute approximate surface area is 166 Å². The van der Waals surface area contributed by atoms with E-state index in [0.717, 1.165) is 0 Å². The molecule has 0 fully saturated rings. The SMILES string of the molecule is O=C(/C=C/c1cccc([N+](=O)[O-])c1)NC(=S)Nc1ccc([N+](=O)[O-])cc1Br. The van der Waals surface area contributed by atoms with Crippen LogP contribution >= 0.6 is 28.1 Å². The molecule has 0 heterocycles. The zero-order chi connectivity index (χ0) is 20.0. The Balaban J connectivity index is 1.97. The zero-order valence-corrected chi connectivity index (χ0v) is 15.8. The third-order valence-electron chi connectivity index (χ3n) is 3.16. The van der Waals surface area contributed by atoms with Gasteiger partial charge >= 0.3 is 0 Å². The lowest BCUT2D eigenvalue weighted by molar-refractivity contribution is -0.385. The number of halogens is 1. The standard InChI is InChI=1S/C16H11BrN4O5S/c17-13-9-12(21(25)26)5-6-14(13)18-16(27)19-15(22)7-4-10-2-1-3-11(8-10)20(23)24/h1-9H,(H2,18,19,22,27)/b7-4+. The Morgan fingerprint density at radius 2 is 1.74 bits per heavy atom. The van der Waals surface area contributed by atoms with Crippen LogP contribution in [0, 0.1) is 20.2 Å². The van der Waals surface area contributed by atoms with E-state index in [0.29, 0.717) is 15.7 Å². The van der Waals surface area contributed by atoms with Crippen LogP contribution in [0.15, 0.2) is 53.0 Å². The summed E-state index contributed by atoms with van der Waals surface area (Å²) in [4.78, 5) is 32.3. The molecule has 0 aromatic heterocycles. The number of carbonyl (C=O) groups is 1. The van der Waals surface area contributed by atoms with Gasteiger partial charge in [-0.25, -0.2) is 0 Å². The van der Waals surface area contributed by atoms with Crippen molar-refractivity contribution in [3.05, 3.63) is 78.8 Å². The smallest absolute Gasteiger partial charge is 0.270 e. The van der Waals surface area contributed by atoms with E-state index in [1.165, 1.54) is 48.6 Å². The predicted octanol–water partition coefficient (Wildman–Crippen LogP) is 3.79. The van der Waals surface area contributed by atoms with Crippen LogP contribution in [0.2, 0.25) is 0 Å². The summed E-state index contributed by atoms with van der Waals surface area (Å²) >= 11 is 8.20. The van der Waals surface area contributed by atoms with Crippen LogP contribution in [0.5, 0.6) is 0 Å². The summed E-state index contributed by atoms with van der Waals surface area (Å²) in [6, 6.07) is 9.83. The molecule has 0 spiro atoms. The molecule has 0 radical (unpaired) electrons. The van der Waals surface area contributed by atoms with E-state index >= 15 is 0 Å². The number of nitrogens with one attached hydrogen (secondary N) is 2. The lowest BCUT2D eigenvalue weighted by atomic mass is 10.2.